The van der Waals surface area contributed by atoms with Crippen molar-refractivity contribution in [1.29, 1.82) is 0 Å². The smallest absolute Gasteiger partial charge is 0.173 e. The van der Waals surface area contributed by atoms with E-state index < -0.39 is 0 Å². The van der Waals surface area contributed by atoms with Crippen LogP contribution in [0.4, 0.5) is 0 Å². The van der Waals surface area contributed by atoms with Crippen LogP contribution in [0.5, 0.6) is 11.5 Å². The molecule has 9 heteroatoms. The molecule has 1 heterocycles. The SMILES string of the molecule is BrBr.C.C1CCOC1.CC(=O)c1ccc(C)cc1C.CC(=O)c1ccc(O)cc1O.Cc1ccc(C(=O)CBr)c(C)c1. The maximum absolute atomic E-state index is 11.3. The Balaban J connectivity index is 0. The van der Waals surface area contributed by atoms with E-state index in [0.717, 1.165) is 41.5 Å². The van der Waals surface area contributed by atoms with Gasteiger partial charge in [-0.2, -0.15) is 0 Å². The lowest BCUT2D eigenvalue weighted by molar-refractivity contribution is 0.100. The Morgan fingerprint density at radius 2 is 1.14 bits per heavy atom. The monoisotopic (exact) mass is 772 g/mol. The molecule has 1 aliphatic heterocycles. The van der Waals surface area contributed by atoms with Crippen LogP contribution in [0.3, 0.4) is 0 Å². The molecule has 3 aromatic rings. The fourth-order valence-electron chi connectivity index (χ4n) is 3.74. The van der Waals surface area contributed by atoms with E-state index >= 15 is 0 Å². The number of hydrogen-bond donors (Lipinski definition) is 2. The lowest BCUT2D eigenvalue weighted by atomic mass is 10.0. The third-order valence-corrected chi connectivity index (χ3v) is 6.26. The lowest BCUT2D eigenvalue weighted by Crippen LogP contribution is -2.02. The molecule has 232 valence electrons. The molecular weight excluding hydrogens is 732 g/mol. The molecule has 1 fully saturated rings. The molecule has 1 aliphatic rings. The number of carbonyl (C=O) groups is 3. The average molecular weight is 775 g/mol. The second kappa shape index (κ2) is 23.2. The highest BCUT2D eigenvalue weighted by Gasteiger charge is 2.07. The number of phenolic OH excluding ortho intramolecular Hbond substituents is 2. The van der Waals surface area contributed by atoms with Gasteiger partial charge < -0.3 is 14.9 Å². The van der Waals surface area contributed by atoms with Crippen molar-refractivity contribution in [2.24, 2.45) is 0 Å². The first-order valence-corrected chi connectivity index (χ1v) is 17.7. The zero-order valence-electron chi connectivity index (χ0n) is 24.4. The summed E-state index contributed by atoms with van der Waals surface area (Å²) in [6.45, 7) is 12.9. The molecule has 0 unspecified atom stereocenters. The summed E-state index contributed by atoms with van der Waals surface area (Å²) in [7, 11) is 0. The van der Waals surface area contributed by atoms with Crippen LogP contribution in [-0.2, 0) is 4.74 Å². The standard InChI is InChI=1S/C10H11BrO.C10H12O.C8H8O3.C4H8O.CH4.Br2/c1-7-3-4-9(8(2)5-7)10(12)6-11;1-7-4-5-10(9(3)11)8(2)6-7;1-5(9)7-3-2-6(10)4-8(7)11;1-2-4-5-3-1;;1-2/h3-5H,6H2,1-2H3;4-6H,1-3H3;2-4,10-11H,1H3;1-4H2;1H4;. The van der Waals surface area contributed by atoms with Crippen LogP contribution in [0.2, 0.25) is 0 Å². The zero-order valence-corrected chi connectivity index (χ0v) is 29.2. The van der Waals surface area contributed by atoms with E-state index in [-0.39, 0.29) is 41.8 Å². The van der Waals surface area contributed by atoms with Crippen LogP contribution in [0, 0.1) is 27.7 Å². The summed E-state index contributed by atoms with van der Waals surface area (Å²) in [6.07, 6.45) is 2.56. The highest BCUT2D eigenvalue weighted by molar-refractivity contribution is 9.93. The highest BCUT2D eigenvalue weighted by Crippen LogP contribution is 2.22. The number of ether oxygens (including phenoxy) is 1. The number of halogens is 3. The molecule has 0 atom stereocenters. The number of hydrogen-bond acceptors (Lipinski definition) is 6. The molecule has 0 saturated carbocycles. The first kappa shape index (κ1) is 41.8. The van der Waals surface area contributed by atoms with Crippen molar-refractivity contribution in [3.05, 3.63) is 93.5 Å². The van der Waals surface area contributed by atoms with Crippen LogP contribution < -0.4 is 0 Å². The molecule has 0 aromatic heterocycles. The van der Waals surface area contributed by atoms with E-state index in [9.17, 15) is 14.4 Å². The highest BCUT2D eigenvalue weighted by atomic mass is 80.9. The number of rotatable bonds is 4. The van der Waals surface area contributed by atoms with Crippen LogP contribution in [0.1, 0.15) is 87.4 Å². The summed E-state index contributed by atoms with van der Waals surface area (Å²) in [5.74, 6) is -0.164. The van der Waals surface area contributed by atoms with Crippen molar-refractivity contribution in [3.8, 4) is 11.5 Å². The number of ketones is 3. The molecule has 2 N–H and O–H groups in total. The molecule has 4 rings (SSSR count). The quantitative estimate of drug-likeness (QED) is 0.202. The summed E-state index contributed by atoms with van der Waals surface area (Å²) in [5, 5.41) is 18.3. The Bertz CT molecular complexity index is 1200. The second-order valence-electron chi connectivity index (χ2n) is 9.33. The van der Waals surface area contributed by atoms with Gasteiger partial charge in [0.25, 0.3) is 0 Å². The van der Waals surface area contributed by atoms with Crippen molar-refractivity contribution in [3.63, 3.8) is 0 Å². The molecule has 0 aliphatic carbocycles. The first-order chi connectivity index (χ1) is 19.4. The van der Waals surface area contributed by atoms with E-state index in [1.165, 1.54) is 43.0 Å². The van der Waals surface area contributed by atoms with E-state index in [1.807, 2.05) is 64.1 Å². The third kappa shape index (κ3) is 16.3. The number of aryl methyl sites for hydroxylation is 4. The zero-order chi connectivity index (χ0) is 31.5. The first-order valence-electron chi connectivity index (χ1n) is 12.9. The summed E-state index contributed by atoms with van der Waals surface area (Å²) in [4.78, 5) is 33.0. The number of alkyl halides is 1. The average Bonchev–Trinajstić information content (AvgIpc) is 3.50. The minimum absolute atomic E-state index is 0. The number of Topliss-reactive ketones (excluding diaryl/α,β-unsaturated/α-hetero) is 3. The predicted molar refractivity (Wildman–Crippen MR) is 184 cm³/mol. The van der Waals surface area contributed by atoms with Crippen LogP contribution >= 0.6 is 44.2 Å². The molecule has 42 heavy (non-hydrogen) atoms. The predicted octanol–water partition coefficient (Wildman–Crippen LogP) is 9.81. The maximum Gasteiger partial charge on any atom is 0.173 e. The van der Waals surface area contributed by atoms with E-state index in [1.54, 1.807) is 6.92 Å². The normalized spacial score (nSPS) is 10.9. The minimum Gasteiger partial charge on any atom is -0.508 e. The Morgan fingerprint density at radius 3 is 1.48 bits per heavy atom. The van der Waals surface area contributed by atoms with Crippen molar-refractivity contribution in [2.75, 3.05) is 18.5 Å². The third-order valence-electron chi connectivity index (χ3n) is 5.75. The minimum atomic E-state index is -0.220. The largest absolute Gasteiger partial charge is 0.508 e. The molecule has 0 bridgehead atoms. The molecule has 6 nitrogen and oxygen atoms in total. The van der Waals surface area contributed by atoms with Gasteiger partial charge in [-0.25, -0.2) is 0 Å². The molecular formula is C33H43Br3O6. The number of phenols is 2. The van der Waals surface area contributed by atoms with Crippen LogP contribution in [0.25, 0.3) is 0 Å². The Morgan fingerprint density at radius 1 is 0.714 bits per heavy atom. The van der Waals surface area contributed by atoms with Gasteiger partial charge in [0.05, 0.1) is 10.9 Å². The van der Waals surface area contributed by atoms with Gasteiger partial charge in [-0.3, -0.25) is 14.4 Å². The number of carbonyl (C=O) groups excluding carboxylic acids is 3. The molecule has 0 radical (unpaired) electrons. The molecule has 0 spiro atoms. The number of benzene rings is 3. The maximum atomic E-state index is 11.3. The lowest BCUT2D eigenvalue weighted by Gasteiger charge is -2.02. The van der Waals surface area contributed by atoms with Gasteiger partial charge in [0.2, 0.25) is 0 Å². The molecule has 1 saturated heterocycles. The van der Waals surface area contributed by atoms with E-state index in [2.05, 4.69) is 44.2 Å². The van der Waals surface area contributed by atoms with Gasteiger partial charge >= 0.3 is 0 Å². The van der Waals surface area contributed by atoms with Crippen molar-refractivity contribution >= 4 is 61.5 Å². The van der Waals surface area contributed by atoms with Gasteiger partial charge in [-0.15, -0.1) is 0 Å². The Hall–Kier alpha value is -2.33. The van der Waals surface area contributed by atoms with Crippen LogP contribution in [-0.4, -0.2) is 46.1 Å². The number of aromatic hydroxyl groups is 2. The second-order valence-corrected chi connectivity index (χ2v) is 9.89. The van der Waals surface area contributed by atoms with Gasteiger partial charge in [0, 0.05) is 58.7 Å². The fourth-order valence-corrected chi connectivity index (χ4v) is 4.04. The topological polar surface area (TPSA) is 101 Å². The van der Waals surface area contributed by atoms with Gasteiger partial charge in [-0.1, -0.05) is 70.9 Å². The molecule has 0 amide bonds. The van der Waals surface area contributed by atoms with E-state index in [4.69, 9.17) is 14.9 Å². The van der Waals surface area contributed by atoms with Crippen molar-refractivity contribution < 1.29 is 29.3 Å². The summed E-state index contributed by atoms with van der Waals surface area (Å²) in [5.41, 5.74) is 6.39. The summed E-state index contributed by atoms with van der Waals surface area (Å²) < 4.78 is 4.94. The van der Waals surface area contributed by atoms with Gasteiger partial charge in [-0.05, 0) is 77.6 Å². The van der Waals surface area contributed by atoms with Gasteiger partial charge in [0.1, 0.15) is 11.5 Å². The van der Waals surface area contributed by atoms with Crippen molar-refractivity contribution in [1.82, 2.24) is 0 Å². The Labute approximate surface area is 274 Å². The molecule has 3 aromatic carbocycles. The van der Waals surface area contributed by atoms with E-state index in [0.29, 0.717) is 5.33 Å². The summed E-state index contributed by atoms with van der Waals surface area (Å²) in [6, 6.07) is 15.6. The van der Waals surface area contributed by atoms with Gasteiger partial charge in [0.15, 0.2) is 17.3 Å². The fraction of sp³-hybridized carbons (Fsp3) is 0.364. The summed E-state index contributed by atoms with van der Waals surface area (Å²) >= 11 is 8.65. The Kier molecular flexibility index (Phi) is 23.1. The van der Waals surface area contributed by atoms with Crippen molar-refractivity contribution in [2.45, 2.75) is 61.8 Å². The van der Waals surface area contributed by atoms with Crippen LogP contribution in [0.15, 0.2) is 54.6 Å².